The Bertz CT molecular complexity index is 779. The van der Waals surface area contributed by atoms with Gasteiger partial charge in [0, 0.05) is 17.3 Å². The molecule has 1 amide bonds. The van der Waals surface area contributed by atoms with Crippen LogP contribution in [0.5, 0.6) is 11.5 Å². The van der Waals surface area contributed by atoms with Gasteiger partial charge in [-0.3, -0.25) is 9.69 Å². The first-order valence-electron chi connectivity index (χ1n) is 8.15. The lowest BCUT2D eigenvalue weighted by Gasteiger charge is -2.21. The van der Waals surface area contributed by atoms with E-state index in [1.165, 1.54) is 0 Å². The van der Waals surface area contributed by atoms with Crippen molar-refractivity contribution in [2.24, 2.45) is 0 Å². The minimum Gasteiger partial charge on any atom is -0.486 e. The monoisotopic (exact) mass is 360 g/mol. The third-order valence-electron chi connectivity index (χ3n) is 4.01. The fraction of sp³-hybridized carbons (Fsp3) is 0.316. The smallest absolute Gasteiger partial charge is 0.238 e. The predicted octanol–water partition coefficient (Wildman–Crippen LogP) is 3.49. The summed E-state index contributed by atoms with van der Waals surface area (Å²) in [6.07, 6.45) is 0. The van der Waals surface area contributed by atoms with Crippen LogP contribution in [0, 0.1) is 6.92 Å². The first kappa shape index (κ1) is 17.6. The highest BCUT2D eigenvalue weighted by Crippen LogP contribution is 2.31. The maximum Gasteiger partial charge on any atom is 0.238 e. The summed E-state index contributed by atoms with van der Waals surface area (Å²) >= 11 is 6.08. The van der Waals surface area contributed by atoms with Crippen molar-refractivity contribution in [1.29, 1.82) is 0 Å². The molecule has 1 heterocycles. The molecule has 5 nitrogen and oxygen atoms in total. The number of carbonyl (C=O) groups is 1. The Balaban J connectivity index is 1.57. The molecule has 6 heteroatoms. The Labute approximate surface area is 152 Å². The molecule has 1 aliphatic heterocycles. The molecule has 0 atom stereocenters. The molecule has 0 saturated carbocycles. The molecule has 0 aromatic heterocycles. The average molecular weight is 361 g/mol. The molecule has 1 aliphatic rings. The molecule has 0 radical (unpaired) electrons. The first-order valence-corrected chi connectivity index (χ1v) is 8.53. The van der Waals surface area contributed by atoms with E-state index in [1.54, 1.807) is 6.07 Å². The summed E-state index contributed by atoms with van der Waals surface area (Å²) in [5.74, 6) is 1.45. The fourth-order valence-corrected chi connectivity index (χ4v) is 2.91. The molecule has 0 aliphatic carbocycles. The number of amides is 1. The zero-order valence-corrected chi connectivity index (χ0v) is 15.1. The number of benzene rings is 2. The predicted molar refractivity (Wildman–Crippen MR) is 98.6 cm³/mol. The lowest BCUT2D eigenvalue weighted by molar-refractivity contribution is -0.117. The summed E-state index contributed by atoms with van der Waals surface area (Å²) in [7, 11) is 1.90. The molecule has 0 fully saturated rings. The lowest BCUT2D eigenvalue weighted by atomic mass is 10.2. The van der Waals surface area contributed by atoms with Gasteiger partial charge in [-0.15, -0.1) is 0 Å². The first-order chi connectivity index (χ1) is 12.0. The summed E-state index contributed by atoms with van der Waals surface area (Å²) in [6.45, 7) is 3.94. The number of rotatable bonds is 5. The van der Waals surface area contributed by atoms with Gasteiger partial charge in [-0.25, -0.2) is 0 Å². The number of halogens is 1. The Hall–Kier alpha value is -2.24. The molecule has 2 aromatic carbocycles. The van der Waals surface area contributed by atoms with Crippen LogP contribution in [0.15, 0.2) is 36.4 Å². The maximum absolute atomic E-state index is 12.3. The second-order valence-electron chi connectivity index (χ2n) is 6.11. The number of nitrogens with zero attached hydrogens (tertiary/aromatic N) is 1. The van der Waals surface area contributed by atoms with E-state index in [0.717, 1.165) is 28.3 Å². The second kappa shape index (κ2) is 7.76. The Morgan fingerprint density at radius 2 is 1.96 bits per heavy atom. The van der Waals surface area contributed by atoms with E-state index in [0.29, 0.717) is 24.8 Å². The number of hydrogen-bond donors (Lipinski definition) is 1. The van der Waals surface area contributed by atoms with Crippen molar-refractivity contribution in [2.75, 3.05) is 32.1 Å². The standard InChI is InChI=1S/C19H21ClN2O3/c1-13-15(20)4-3-5-16(13)21-19(23)12-22(2)11-14-6-7-17-18(10-14)25-9-8-24-17/h3-7,10H,8-9,11-12H2,1-2H3,(H,21,23). The highest BCUT2D eigenvalue weighted by atomic mass is 35.5. The highest BCUT2D eigenvalue weighted by Gasteiger charge is 2.14. The van der Waals surface area contributed by atoms with Gasteiger partial charge >= 0.3 is 0 Å². The van der Waals surface area contributed by atoms with Crippen LogP contribution in [-0.2, 0) is 11.3 Å². The van der Waals surface area contributed by atoms with E-state index in [4.69, 9.17) is 21.1 Å². The number of fused-ring (bicyclic) bond motifs is 1. The van der Waals surface area contributed by atoms with Gasteiger partial charge < -0.3 is 14.8 Å². The second-order valence-corrected chi connectivity index (χ2v) is 6.52. The molecule has 132 valence electrons. The Morgan fingerprint density at radius 3 is 2.76 bits per heavy atom. The van der Waals surface area contributed by atoms with E-state index >= 15 is 0 Å². The molecular weight excluding hydrogens is 340 g/mol. The summed E-state index contributed by atoms with van der Waals surface area (Å²) in [4.78, 5) is 14.2. The van der Waals surface area contributed by atoms with Crippen molar-refractivity contribution in [3.63, 3.8) is 0 Å². The zero-order valence-electron chi connectivity index (χ0n) is 14.3. The molecular formula is C19H21ClN2O3. The van der Waals surface area contributed by atoms with Gasteiger partial charge in [0.2, 0.25) is 5.91 Å². The van der Waals surface area contributed by atoms with Gasteiger partial charge in [0.05, 0.1) is 6.54 Å². The maximum atomic E-state index is 12.3. The Kier molecular flexibility index (Phi) is 5.46. The van der Waals surface area contributed by atoms with Crippen LogP contribution >= 0.6 is 11.6 Å². The van der Waals surface area contributed by atoms with Gasteiger partial charge in [0.15, 0.2) is 11.5 Å². The average Bonchev–Trinajstić information content (AvgIpc) is 2.58. The summed E-state index contributed by atoms with van der Waals surface area (Å²) in [5, 5.41) is 3.55. The van der Waals surface area contributed by atoms with Crippen LogP contribution in [0.1, 0.15) is 11.1 Å². The normalized spacial score (nSPS) is 13.0. The molecule has 0 unspecified atom stereocenters. The Morgan fingerprint density at radius 1 is 1.20 bits per heavy atom. The number of nitrogens with one attached hydrogen (secondary N) is 1. The number of carbonyl (C=O) groups excluding carboxylic acids is 1. The molecule has 0 spiro atoms. The van der Waals surface area contributed by atoms with Crippen molar-refractivity contribution >= 4 is 23.2 Å². The molecule has 1 N–H and O–H groups in total. The zero-order chi connectivity index (χ0) is 17.8. The number of anilines is 1. The lowest BCUT2D eigenvalue weighted by Crippen LogP contribution is -2.30. The quantitative estimate of drug-likeness (QED) is 0.886. The number of ether oxygens (including phenoxy) is 2. The van der Waals surface area contributed by atoms with Gasteiger partial charge in [0.1, 0.15) is 13.2 Å². The van der Waals surface area contributed by atoms with E-state index in [1.807, 2.05) is 49.2 Å². The van der Waals surface area contributed by atoms with E-state index < -0.39 is 0 Å². The summed E-state index contributed by atoms with van der Waals surface area (Å²) < 4.78 is 11.1. The largest absolute Gasteiger partial charge is 0.486 e. The van der Waals surface area contributed by atoms with Crippen molar-refractivity contribution in [3.05, 3.63) is 52.5 Å². The van der Waals surface area contributed by atoms with E-state index in [2.05, 4.69) is 5.32 Å². The van der Waals surface area contributed by atoms with Crippen molar-refractivity contribution in [1.82, 2.24) is 4.90 Å². The van der Waals surface area contributed by atoms with E-state index in [9.17, 15) is 4.79 Å². The van der Waals surface area contributed by atoms with E-state index in [-0.39, 0.29) is 12.5 Å². The van der Waals surface area contributed by atoms with Crippen LogP contribution in [0.3, 0.4) is 0 Å². The van der Waals surface area contributed by atoms with Crippen molar-refractivity contribution < 1.29 is 14.3 Å². The number of likely N-dealkylation sites (N-methyl/N-ethyl adjacent to an activating group) is 1. The van der Waals surface area contributed by atoms with Crippen LogP contribution in [0.2, 0.25) is 5.02 Å². The third kappa shape index (κ3) is 4.44. The molecule has 3 rings (SSSR count). The SMILES string of the molecule is Cc1c(Cl)cccc1NC(=O)CN(C)Cc1ccc2c(c1)OCCO2. The van der Waals surface area contributed by atoms with Gasteiger partial charge in [-0.2, -0.15) is 0 Å². The van der Waals surface area contributed by atoms with Gasteiger partial charge in [0.25, 0.3) is 0 Å². The minimum absolute atomic E-state index is 0.0783. The third-order valence-corrected chi connectivity index (χ3v) is 4.42. The molecule has 0 bridgehead atoms. The van der Waals surface area contributed by atoms with Crippen LogP contribution in [-0.4, -0.2) is 37.6 Å². The fourth-order valence-electron chi connectivity index (χ4n) is 2.73. The van der Waals surface area contributed by atoms with Crippen molar-refractivity contribution in [2.45, 2.75) is 13.5 Å². The summed E-state index contributed by atoms with van der Waals surface area (Å²) in [5.41, 5.74) is 2.68. The summed E-state index contributed by atoms with van der Waals surface area (Å²) in [6, 6.07) is 11.3. The topological polar surface area (TPSA) is 50.8 Å². The molecule has 2 aromatic rings. The molecule has 25 heavy (non-hydrogen) atoms. The van der Waals surface area contributed by atoms with Crippen molar-refractivity contribution in [3.8, 4) is 11.5 Å². The van der Waals surface area contributed by atoms with Gasteiger partial charge in [-0.1, -0.05) is 23.7 Å². The minimum atomic E-state index is -0.0783. The van der Waals surface area contributed by atoms with Gasteiger partial charge in [-0.05, 0) is 49.4 Å². The molecule has 0 saturated heterocycles. The van der Waals surface area contributed by atoms with Crippen LogP contribution in [0.25, 0.3) is 0 Å². The highest BCUT2D eigenvalue weighted by molar-refractivity contribution is 6.31. The van der Waals surface area contributed by atoms with Crippen LogP contribution in [0.4, 0.5) is 5.69 Å². The number of hydrogen-bond acceptors (Lipinski definition) is 4. The van der Waals surface area contributed by atoms with Crippen LogP contribution < -0.4 is 14.8 Å².